The van der Waals surface area contributed by atoms with Gasteiger partial charge in [-0.25, -0.2) is 0 Å². The van der Waals surface area contributed by atoms with E-state index in [1.165, 1.54) is 11.8 Å². The van der Waals surface area contributed by atoms with Gasteiger partial charge in [0.15, 0.2) is 0 Å². The van der Waals surface area contributed by atoms with E-state index in [-0.39, 0.29) is 0 Å². The van der Waals surface area contributed by atoms with Crippen molar-refractivity contribution < 1.29 is 4.74 Å². The Labute approximate surface area is 98.0 Å². The van der Waals surface area contributed by atoms with Gasteiger partial charge in [0.25, 0.3) is 0 Å². The van der Waals surface area contributed by atoms with Crippen LogP contribution in [0.4, 0.5) is 0 Å². The van der Waals surface area contributed by atoms with Crippen molar-refractivity contribution in [3.63, 3.8) is 0 Å². The summed E-state index contributed by atoms with van der Waals surface area (Å²) >= 11 is 12.0. The van der Waals surface area contributed by atoms with Gasteiger partial charge in [-0.15, -0.1) is 0 Å². The Morgan fingerprint density at radius 2 is 2.43 bits per heavy atom. The maximum absolute atomic E-state index is 5.70. The van der Waals surface area contributed by atoms with E-state index in [9.17, 15) is 0 Å². The number of pyridine rings is 1. The molecule has 5 heteroatoms. The van der Waals surface area contributed by atoms with Crippen molar-refractivity contribution in [1.82, 2.24) is 4.98 Å². The summed E-state index contributed by atoms with van der Waals surface area (Å²) in [6.07, 6.45) is 4.27. The van der Waals surface area contributed by atoms with Gasteiger partial charge in [-0.05, 0) is 30.6 Å². The highest BCUT2D eigenvalue weighted by Crippen LogP contribution is 2.07. The summed E-state index contributed by atoms with van der Waals surface area (Å²) in [4.78, 5) is 4.14. The Hall–Kier alpha value is -0.320. The predicted octanol–water partition coefficient (Wildman–Crippen LogP) is 2.94. The molecule has 0 fully saturated rings. The molecule has 1 aromatic rings. The van der Waals surface area contributed by atoms with E-state index >= 15 is 0 Å². The second-order valence-corrected chi connectivity index (χ2v) is 4.37. The highest BCUT2D eigenvalue weighted by molar-refractivity contribution is 8.22. The second-order valence-electron chi connectivity index (χ2n) is 2.52. The fourth-order valence-electron chi connectivity index (χ4n) is 0.852. The molecule has 0 radical (unpaired) electrons. The molecule has 1 heterocycles. The molecule has 0 spiro atoms. The minimum atomic E-state index is 0.564. The summed E-state index contributed by atoms with van der Waals surface area (Å²) in [7, 11) is 0. The van der Waals surface area contributed by atoms with Crippen LogP contribution in [-0.2, 0) is 11.2 Å². The molecule has 0 saturated carbocycles. The topological polar surface area (TPSA) is 22.1 Å². The lowest BCUT2D eigenvalue weighted by Gasteiger charge is -2.04. The maximum atomic E-state index is 5.70. The largest absolute Gasteiger partial charge is 0.478 e. The van der Waals surface area contributed by atoms with Crippen LogP contribution < -0.4 is 0 Å². The summed E-state index contributed by atoms with van der Waals surface area (Å²) in [6.45, 7) is 0.564. The number of hydrogen-bond donors (Lipinski definition) is 0. The SMILES string of the molecule is CSC(=S)OCCc1ccc(Cl)cn1. The van der Waals surface area contributed by atoms with Crippen LogP contribution in [0.25, 0.3) is 0 Å². The van der Waals surface area contributed by atoms with Crippen LogP contribution in [0.3, 0.4) is 0 Å². The summed E-state index contributed by atoms with van der Waals surface area (Å²) in [5.74, 6) is 0. The van der Waals surface area contributed by atoms with Gasteiger partial charge < -0.3 is 4.74 Å². The zero-order valence-electron chi connectivity index (χ0n) is 7.70. The van der Waals surface area contributed by atoms with Crippen molar-refractivity contribution in [1.29, 1.82) is 0 Å². The highest BCUT2D eigenvalue weighted by atomic mass is 35.5. The third-order valence-electron chi connectivity index (χ3n) is 1.53. The van der Waals surface area contributed by atoms with Gasteiger partial charge in [-0.3, -0.25) is 4.98 Å². The zero-order valence-corrected chi connectivity index (χ0v) is 10.1. The van der Waals surface area contributed by atoms with Crippen molar-refractivity contribution in [3.8, 4) is 0 Å². The fraction of sp³-hybridized carbons (Fsp3) is 0.333. The first-order valence-electron chi connectivity index (χ1n) is 4.03. The van der Waals surface area contributed by atoms with Crippen molar-refractivity contribution in [2.75, 3.05) is 12.9 Å². The van der Waals surface area contributed by atoms with Crippen LogP contribution in [0.5, 0.6) is 0 Å². The molecule has 1 rings (SSSR count). The van der Waals surface area contributed by atoms with Gasteiger partial charge in [0.2, 0.25) is 4.38 Å². The highest BCUT2D eigenvalue weighted by Gasteiger charge is 1.97. The van der Waals surface area contributed by atoms with E-state index in [1.807, 2.05) is 18.4 Å². The zero-order chi connectivity index (χ0) is 10.4. The Kier molecular flexibility index (Phi) is 5.22. The molecule has 0 amide bonds. The Morgan fingerprint density at radius 3 is 3.00 bits per heavy atom. The Balaban J connectivity index is 2.31. The molecule has 0 unspecified atom stereocenters. The molecule has 0 aliphatic rings. The number of rotatable bonds is 3. The van der Waals surface area contributed by atoms with Gasteiger partial charge in [-0.2, -0.15) is 0 Å². The summed E-state index contributed by atoms with van der Waals surface area (Å²) in [5.41, 5.74) is 0.957. The van der Waals surface area contributed by atoms with Crippen LogP contribution >= 0.6 is 35.6 Å². The monoisotopic (exact) mass is 247 g/mol. The van der Waals surface area contributed by atoms with Gasteiger partial charge in [0.1, 0.15) is 0 Å². The summed E-state index contributed by atoms with van der Waals surface area (Å²) in [6, 6.07) is 3.70. The lowest BCUT2D eigenvalue weighted by molar-refractivity contribution is 0.325. The van der Waals surface area contributed by atoms with E-state index < -0.39 is 0 Å². The van der Waals surface area contributed by atoms with Crippen LogP contribution in [0.1, 0.15) is 5.69 Å². The van der Waals surface area contributed by atoms with Gasteiger partial charge in [-0.1, -0.05) is 23.4 Å². The lowest BCUT2D eigenvalue weighted by atomic mass is 10.3. The minimum Gasteiger partial charge on any atom is -0.478 e. The molecule has 0 aliphatic carbocycles. The van der Waals surface area contributed by atoms with E-state index in [0.29, 0.717) is 16.0 Å². The summed E-state index contributed by atoms with van der Waals surface area (Å²) < 4.78 is 5.82. The molecule has 1 aromatic heterocycles. The third-order valence-corrected chi connectivity index (χ3v) is 2.83. The van der Waals surface area contributed by atoms with Crippen molar-refractivity contribution in [2.24, 2.45) is 0 Å². The number of thiocarbonyl (C=S) groups is 1. The molecule has 0 aliphatic heterocycles. The molecule has 14 heavy (non-hydrogen) atoms. The standard InChI is InChI=1S/C9H10ClNOS2/c1-14-9(13)12-5-4-8-3-2-7(10)6-11-8/h2-3,6H,4-5H2,1H3. The Morgan fingerprint density at radius 1 is 1.64 bits per heavy atom. The number of halogens is 1. The average molecular weight is 248 g/mol. The second kappa shape index (κ2) is 6.22. The minimum absolute atomic E-state index is 0.564. The van der Waals surface area contributed by atoms with E-state index in [4.69, 9.17) is 28.6 Å². The van der Waals surface area contributed by atoms with Crippen molar-refractivity contribution >= 4 is 40.0 Å². The molecule has 0 aromatic carbocycles. The molecule has 0 bridgehead atoms. The van der Waals surface area contributed by atoms with E-state index in [0.717, 1.165) is 12.1 Å². The molecular formula is C9H10ClNOS2. The first kappa shape index (κ1) is 11.8. The number of ether oxygens (including phenoxy) is 1. The summed E-state index contributed by atoms with van der Waals surface area (Å²) in [5, 5.41) is 0.648. The molecular weight excluding hydrogens is 238 g/mol. The van der Waals surface area contributed by atoms with E-state index in [2.05, 4.69) is 4.98 Å². The fourth-order valence-corrected chi connectivity index (χ4v) is 1.25. The number of thioether (sulfide) groups is 1. The number of aromatic nitrogens is 1. The first-order valence-corrected chi connectivity index (χ1v) is 6.04. The molecule has 0 saturated heterocycles. The van der Waals surface area contributed by atoms with Gasteiger partial charge >= 0.3 is 0 Å². The number of nitrogens with zero attached hydrogens (tertiary/aromatic N) is 1. The van der Waals surface area contributed by atoms with Crippen LogP contribution in [-0.4, -0.2) is 22.2 Å². The predicted molar refractivity (Wildman–Crippen MR) is 65.0 cm³/mol. The average Bonchev–Trinajstić information content (AvgIpc) is 2.21. The van der Waals surface area contributed by atoms with Gasteiger partial charge in [0, 0.05) is 18.3 Å². The Bertz CT molecular complexity index is 302. The van der Waals surface area contributed by atoms with Crippen LogP contribution in [0.15, 0.2) is 18.3 Å². The lowest BCUT2D eigenvalue weighted by Crippen LogP contribution is -2.02. The first-order chi connectivity index (χ1) is 6.72. The van der Waals surface area contributed by atoms with Crippen molar-refractivity contribution in [3.05, 3.63) is 29.0 Å². The molecule has 2 nitrogen and oxygen atoms in total. The molecule has 0 N–H and O–H groups in total. The van der Waals surface area contributed by atoms with Crippen molar-refractivity contribution in [2.45, 2.75) is 6.42 Å². The quantitative estimate of drug-likeness (QED) is 0.766. The third kappa shape index (κ3) is 4.26. The molecule has 76 valence electrons. The maximum Gasteiger partial charge on any atom is 0.219 e. The van der Waals surface area contributed by atoms with Gasteiger partial charge in [0.05, 0.1) is 11.6 Å². The smallest absolute Gasteiger partial charge is 0.219 e. The molecule has 0 atom stereocenters. The normalized spacial score (nSPS) is 9.86. The number of hydrogen-bond acceptors (Lipinski definition) is 4. The van der Waals surface area contributed by atoms with E-state index in [1.54, 1.807) is 6.20 Å². The van der Waals surface area contributed by atoms with Crippen LogP contribution in [0, 0.1) is 0 Å². The van der Waals surface area contributed by atoms with Crippen LogP contribution in [0.2, 0.25) is 5.02 Å².